The smallest absolute Gasteiger partial charge is 0.410 e. The van der Waals surface area contributed by atoms with Gasteiger partial charge < -0.3 is 35.2 Å². The maximum absolute atomic E-state index is 14.1. The average molecular weight is 601 g/mol. The molecule has 6 amide bonds. The second-order valence-electron chi connectivity index (χ2n) is 12.3. The van der Waals surface area contributed by atoms with Crippen molar-refractivity contribution in [2.24, 2.45) is 0 Å². The monoisotopic (exact) mass is 600 g/mol. The van der Waals surface area contributed by atoms with Gasteiger partial charge in [-0.25, -0.2) is 9.59 Å². The fourth-order valence-electron chi connectivity index (χ4n) is 5.80. The lowest BCUT2D eigenvalue weighted by Gasteiger charge is -2.39. The van der Waals surface area contributed by atoms with E-state index in [1.165, 1.54) is 25.9 Å². The molecule has 3 heterocycles. The zero-order chi connectivity index (χ0) is 31.5. The molecule has 13 heteroatoms. The highest BCUT2D eigenvalue weighted by Crippen LogP contribution is 2.34. The Kier molecular flexibility index (Phi) is 9.71. The maximum Gasteiger partial charge on any atom is 0.410 e. The fourth-order valence-corrected chi connectivity index (χ4v) is 5.80. The third-order valence-electron chi connectivity index (χ3n) is 8.23. The van der Waals surface area contributed by atoms with Gasteiger partial charge in [0, 0.05) is 38.7 Å². The van der Waals surface area contributed by atoms with E-state index in [1.54, 1.807) is 25.7 Å². The van der Waals surface area contributed by atoms with Crippen molar-refractivity contribution in [1.82, 2.24) is 30.7 Å². The summed E-state index contributed by atoms with van der Waals surface area (Å²) in [6.07, 6.45) is 1.48. The molecule has 13 nitrogen and oxygen atoms in total. The first-order valence-electron chi connectivity index (χ1n) is 14.9. The summed E-state index contributed by atoms with van der Waals surface area (Å²) in [5.41, 5.74) is 0.142. The van der Waals surface area contributed by atoms with Crippen LogP contribution in [0.15, 0.2) is 24.3 Å². The quantitative estimate of drug-likeness (QED) is 0.466. The highest BCUT2D eigenvalue weighted by atomic mass is 16.6. The van der Waals surface area contributed by atoms with Crippen molar-refractivity contribution < 1.29 is 33.4 Å². The number of carbonyl (C=O) groups excluding carboxylic acids is 5. The SMILES string of the molecule is CNC(=O)N1CC[C@H]2CC[C@@H](C(=O)N[C@@H]3CCOc4ccccc43)N2C(=O)[C@@H](NC(=O)[C@H](C)N(C)C(=O)OC(C)(C)C)C1. The Balaban J connectivity index is 1.53. The van der Waals surface area contributed by atoms with E-state index in [-0.39, 0.29) is 30.6 Å². The van der Waals surface area contributed by atoms with Gasteiger partial charge in [0.05, 0.1) is 19.2 Å². The van der Waals surface area contributed by atoms with E-state index in [9.17, 15) is 24.0 Å². The van der Waals surface area contributed by atoms with Gasteiger partial charge in [0.25, 0.3) is 0 Å². The molecule has 0 spiro atoms. The van der Waals surface area contributed by atoms with E-state index in [4.69, 9.17) is 9.47 Å². The van der Waals surface area contributed by atoms with Gasteiger partial charge in [-0.1, -0.05) is 18.2 Å². The topological polar surface area (TPSA) is 150 Å². The van der Waals surface area contributed by atoms with Crippen LogP contribution in [0, 0.1) is 0 Å². The van der Waals surface area contributed by atoms with Crippen molar-refractivity contribution in [3.8, 4) is 5.75 Å². The number of rotatable bonds is 5. The van der Waals surface area contributed by atoms with E-state index < -0.39 is 41.6 Å². The van der Waals surface area contributed by atoms with Gasteiger partial charge >= 0.3 is 12.1 Å². The van der Waals surface area contributed by atoms with Gasteiger partial charge in [-0.2, -0.15) is 0 Å². The number of hydrogen-bond acceptors (Lipinski definition) is 7. The molecule has 0 radical (unpaired) electrons. The number of ether oxygens (including phenoxy) is 2. The summed E-state index contributed by atoms with van der Waals surface area (Å²) in [4.78, 5) is 70.7. The van der Waals surface area contributed by atoms with Crippen molar-refractivity contribution in [3.05, 3.63) is 29.8 Å². The molecule has 0 aliphatic carbocycles. The molecule has 0 aromatic heterocycles. The van der Waals surface area contributed by atoms with Crippen LogP contribution in [0.4, 0.5) is 9.59 Å². The molecule has 1 aromatic rings. The van der Waals surface area contributed by atoms with Gasteiger partial charge in [0.1, 0.15) is 29.5 Å². The number of nitrogens with one attached hydrogen (secondary N) is 3. The summed E-state index contributed by atoms with van der Waals surface area (Å²) in [5.74, 6) is -0.554. The summed E-state index contributed by atoms with van der Waals surface area (Å²) in [7, 11) is 2.95. The standard InChI is InChI=1S/C30H44N6O7/c1-18(34(6)29(41)43-30(2,3)4)25(37)33-22-17-35(28(40)31-5)15-13-19-11-12-23(36(19)27(22)39)26(38)32-21-14-16-42-24-10-8-7-9-20(21)24/h7-10,18-19,21-23H,11-17H2,1-6H3,(H,31,40)(H,32,38)(H,33,37)/t18-,19+,21+,22-,23-/m0/s1. The van der Waals surface area contributed by atoms with Crippen molar-refractivity contribution in [2.45, 2.75) is 89.2 Å². The first-order valence-corrected chi connectivity index (χ1v) is 14.9. The van der Waals surface area contributed by atoms with E-state index in [2.05, 4.69) is 16.0 Å². The second-order valence-corrected chi connectivity index (χ2v) is 12.3. The van der Waals surface area contributed by atoms with E-state index >= 15 is 0 Å². The molecule has 3 aliphatic rings. The Hall–Kier alpha value is -4.03. The molecule has 43 heavy (non-hydrogen) atoms. The van der Waals surface area contributed by atoms with Crippen molar-refractivity contribution in [2.75, 3.05) is 33.8 Å². The number of hydrogen-bond donors (Lipinski definition) is 3. The van der Waals surface area contributed by atoms with Crippen LogP contribution in [0.25, 0.3) is 0 Å². The number of fused-ring (bicyclic) bond motifs is 2. The van der Waals surface area contributed by atoms with Crippen LogP contribution in [-0.2, 0) is 19.1 Å². The number of amides is 6. The Morgan fingerprint density at radius 1 is 1.05 bits per heavy atom. The summed E-state index contributed by atoms with van der Waals surface area (Å²) in [5, 5.41) is 8.49. The van der Waals surface area contributed by atoms with E-state index in [0.29, 0.717) is 38.8 Å². The van der Waals surface area contributed by atoms with E-state index in [0.717, 1.165) is 16.2 Å². The zero-order valence-corrected chi connectivity index (χ0v) is 25.8. The van der Waals surface area contributed by atoms with Crippen LogP contribution >= 0.6 is 0 Å². The molecule has 1 aromatic carbocycles. The number of nitrogens with zero attached hydrogens (tertiary/aromatic N) is 3. The Bertz CT molecular complexity index is 1230. The number of carbonyl (C=O) groups is 5. The average Bonchev–Trinajstić information content (AvgIpc) is 3.39. The van der Waals surface area contributed by atoms with Crippen LogP contribution < -0.4 is 20.7 Å². The van der Waals surface area contributed by atoms with Crippen LogP contribution in [0.2, 0.25) is 0 Å². The highest BCUT2D eigenvalue weighted by Gasteiger charge is 2.46. The molecule has 3 aliphatic heterocycles. The molecule has 3 N–H and O–H groups in total. The fraction of sp³-hybridized carbons (Fsp3) is 0.633. The van der Waals surface area contributed by atoms with Crippen molar-refractivity contribution in [1.29, 1.82) is 0 Å². The molecule has 0 unspecified atom stereocenters. The molecular formula is C30H44N6O7. The summed E-state index contributed by atoms with van der Waals surface area (Å²) in [6, 6.07) is 3.86. The molecular weight excluding hydrogens is 556 g/mol. The first kappa shape index (κ1) is 31.9. The lowest BCUT2D eigenvalue weighted by atomic mass is 10.00. The van der Waals surface area contributed by atoms with Gasteiger partial charge in [-0.15, -0.1) is 0 Å². The van der Waals surface area contributed by atoms with Crippen LogP contribution in [0.1, 0.15) is 65.0 Å². The van der Waals surface area contributed by atoms with Gasteiger partial charge in [0.2, 0.25) is 17.7 Å². The molecule has 236 valence electrons. The molecule has 0 bridgehead atoms. The van der Waals surface area contributed by atoms with Gasteiger partial charge in [0.15, 0.2) is 0 Å². The number of urea groups is 1. The van der Waals surface area contributed by atoms with E-state index in [1.807, 2.05) is 24.3 Å². The van der Waals surface area contributed by atoms with Crippen LogP contribution in [0.5, 0.6) is 5.75 Å². The van der Waals surface area contributed by atoms with Crippen LogP contribution in [-0.4, -0.2) is 108 Å². The number of para-hydroxylation sites is 1. The summed E-state index contributed by atoms with van der Waals surface area (Å²) in [6.45, 7) is 7.44. The predicted octanol–water partition coefficient (Wildman–Crippen LogP) is 1.77. The van der Waals surface area contributed by atoms with Crippen molar-refractivity contribution in [3.63, 3.8) is 0 Å². The lowest BCUT2D eigenvalue weighted by molar-refractivity contribution is -0.145. The Labute approximate surface area is 252 Å². The zero-order valence-electron chi connectivity index (χ0n) is 25.8. The maximum atomic E-state index is 14.1. The minimum Gasteiger partial charge on any atom is -0.493 e. The number of likely N-dealkylation sites (N-methyl/N-ethyl adjacent to an activating group) is 1. The summed E-state index contributed by atoms with van der Waals surface area (Å²) < 4.78 is 11.1. The third-order valence-corrected chi connectivity index (χ3v) is 8.23. The van der Waals surface area contributed by atoms with Crippen LogP contribution in [0.3, 0.4) is 0 Å². The molecule has 4 rings (SSSR count). The predicted molar refractivity (Wildman–Crippen MR) is 157 cm³/mol. The Morgan fingerprint density at radius 3 is 2.47 bits per heavy atom. The molecule has 5 atom stereocenters. The highest BCUT2D eigenvalue weighted by molar-refractivity contribution is 5.95. The molecule has 2 fully saturated rings. The van der Waals surface area contributed by atoms with Gasteiger partial charge in [-0.05, 0) is 53.0 Å². The third kappa shape index (κ3) is 7.31. The largest absolute Gasteiger partial charge is 0.493 e. The normalized spacial score (nSPS) is 24.3. The first-order chi connectivity index (χ1) is 20.3. The van der Waals surface area contributed by atoms with Crippen molar-refractivity contribution >= 4 is 29.8 Å². The number of benzene rings is 1. The minimum absolute atomic E-state index is 0.0853. The lowest BCUT2D eigenvalue weighted by Crippen LogP contribution is -2.63. The molecule has 2 saturated heterocycles. The van der Waals surface area contributed by atoms with Gasteiger partial charge in [-0.3, -0.25) is 19.3 Å². The second kappa shape index (κ2) is 13.1. The molecule has 0 saturated carbocycles. The Morgan fingerprint density at radius 2 is 1.77 bits per heavy atom. The summed E-state index contributed by atoms with van der Waals surface area (Å²) >= 11 is 0. The minimum atomic E-state index is -1.13.